The lowest BCUT2D eigenvalue weighted by Crippen LogP contribution is -2.43. The van der Waals surface area contributed by atoms with Crippen LogP contribution in [0.3, 0.4) is 0 Å². The van der Waals surface area contributed by atoms with Crippen LogP contribution >= 0.6 is 0 Å². The monoisotopic (exact) mass is 582 g/mol. The standard InChI is InChI=1S/C29H38N6O5S/c1-19-7-8-20(13-25(19)40-26-16-22(31-18-32-26)17-35-11-9-30-10-12-35)28(36)33-23-14-21(29(2,3)4)15-24(27(23)39-5)34-41(6,37)38/h7-8,13-16,18,30,34H,9-12,17H2,1-6H3,(H,33,36). The molecule has 41 heavy (non-hydrogen) atoms. The summed E-state index contributed by atoms with van der Waals surface area (Å²) in [4.78, 5) is 24.4. The summed E-state index contributed by atoms with van der Waals surface area (Å²) in [6, 6.07) is 10.5. The molecule has 11 nitrogen and oxygen atoms in total. The first-order valence-corrected chi connectivity index (χ1v) is 15.3. The fourth-order valence-electron chi connectivity index (χ4n) is 4.43. The zero-order valence-corrected chi connectivity index (χ0v) is 25.2. The molecule has 1 saturated heterocycles. The summed E-state index contributed by atoms with van der Waals surface area (Å²) >= 11 is 0. The average Bonchev–Trinajstić information content (AvgIpc) is 2.89. The summed E-state index contributed by atoms with van der Waals surface area (Å²) in [5, 5.41) is 6.23. The van der Waals surface area contributed by atoms with Gasteiger partial charge in [0.15, 0.2) is 5.75 Å². The summed E-state index contributed by atoms with van der Waals surface area (Å²) < 4.78 is 38.2. The molecule has 3 aromatic rings. The van der Waals surface area contributed by atoms with Crippen molar-refractivity contribution in [3.63, 3.8) is 0 Å². The SMILES string of the molecule is COc1c(NC(=O)c2ccc(C)c(Oc3cc(CN4CCNCC4)ncn3)c2)cc(C(C)(C)C)cc1NS(C)(=O)=O. The number of carbonyl (C=O) groups excluding carboxylic acids is 1. The molecule has 12 heteroatoms. The minimum Gasteiger partial charge on any atom is -0.492 e. The van der Waals surface area contributed by atoms with Crippen molar-refractivity contribution < 1.29 is 22.7 Å². The van der Waals surface area contributed by atoms with Gasteiger partial charge < -0.3 is 20.1 Å². The molecule has 0 aliphatic carbocycles. The van der Waals surface area contributed by atoms with Crippen LogP contribution < -0.4 is 24.8 Å². The molecule has 2 heterocycles. The first kappa shape index (κ1) is 30.2. The molecule has 2 aromatic carbocycles. The minimum atomic E-state index is -3.60. The van der Waals surface area contributed by atoms with Gasteiger partial charge in [0, 0.05) is 44.4 Å². The van der Waals surface area contributed by atoms with E-state index < -0.39 is 15.9 Å². The van der Waals surface area contributed by atoms with E-state index in [0.717, 1.165) is 49.3 Å². The van der Waals surface area contributed by atoms with E-state index in [2.05, 4.69) is 30.2 Å². The summed E-state index contributed by atoms with van der Waals surface area (Å²) in [6.45, 7) is 12.4. The van der Waals surface area contributed by atoms with E-state index in [0.29, 0.717) is 29.4 Å². The second-order valence-electron chi connectivity index (χ2n) is 11.1. The van der Waals surface area contributed by atoms with Crippen molar-refractivity contribution in [1.29, 1.82) is 0 Å². The maximum Gasteiger partial charge on any atom is 0.255 e. The number of amides is 1. The molecule has 0 bridgehead atoms. The van der Waals surface area contributed by atoms with Crippen molar-refractivity contribution in [1.82, 2.24) is 20.2 Å². The van der Waals surface area contributed by atoms with Crippen LogP contribution in [0.25, 0.3) is 0 Å². The zero-order valence-electron chi connectivity index (χ0n) is 24.4. The Morgan fingerprint density at radius 2 is 1.78 bits per heavy atom. The van der Waals surface area contributed by atoms with Gasteiger partial charge >= 0.3 is 0 Å². The molecular formula is C29H38N6O5S. The topological polar surface area (TPSA) is 135 Å². The van der Waals surface area contributed by atoms with E-state index in [9.17, 15) is 13.2 Å². The fourth-order valence-corrected chi connectivity index (χ4v) is 4.98. The van der Waals surface area contributed by atoms with Gasteiger partial charge in [0.05, 0.1) is 30.4 Å². The molecule has 1 fully saturated rings. The van der Waals surface area contributed by atoms with E-state index in [-0.39, 0.29) is 16.9 Å². The van der Waals surface area contributed by atoms with E-state index in [1.54, 1.807) is 30.3 Å². The van der Waals surface area contributed by atoms with Crippen molar-refractivity contribution in [3.05, 3.63) is 65.1 Å². The molecule has 3 N–H and O–H groups in total. The van der Waals surface area contributed by atoms with Crippen molar-refractivity contribution in [2.24, 2.45) is 0 Å². The number of methoxy groups -OCH3 is 1. The third kappa shape index (κ3) is 8.15. The molecule has 4 rings (SSSR count). The number of hydrogen-bond acceptors (Lipinski definition) is 9. The summed E-state index contributed by atoms with van der Waals surface area (Å²) in [6.07, 6.45) is 2.55. The van der Waals surface area contributed by atoms with E-state index in [4.69, 9.17) is 9.47 Å². The molecule has 220 valence electrons. The number of benzene rings is 2. The van der Waals surface area contributed by atoms with Gasteiger partial charge in [-0.05, 0) is 47.7 Å². The Morgan fingerprint density at radius 1 is 1.07 bits per heavy atom. The van der Waals surface area contributed by atoms with Crippen LogP contribution in [0.1, 0.15) is 48.0 Å². The van der Waals surface area contributed by atoms with Gasteiger partial charge in [0.2, 0.25) is 15.9 Å². The van der Waals surface area contributed by atoms with Gasteiger partial charge in [-0.1, -0.05) is 26.8 Å². The number of anilines is 2. The van der Waals surface area contributed by atoms with Gasteiger partial charge in [-0.15, -0.1) is 0 Å². The van der Waals surface area contributed by atoms with Crippen molar-refractivity contribution in [2.75, 3.05) is 49.6 Å². The smallest absolute Gasteiger partial charge is 0.255 e. The molecule has 1 amide bonds. The van der Waals surface area contributed by atoms with Crippen molar-refractivity contribution in [2.45, 2.75) is 39.7 Å². The number of hydrogen-bond donors (Lipinski definition) is 3. The average molecular weight is 583 g/mol. The number of nitrogens with zero attached hydrogens (tertiary/aromatic N) is 3. The number of rotatable bonds is 9. The highest BCUT2D eigenvalue weighted by molar-refractivity contribution is 7.92. The lowest BCUT2D eigenvalue weighted by molar-refractivity contribution is 0.102. The number of sulfonamides is 1. The first-order valence-electron chi connectivity index (χ1n) is 13.4. The molecule has 0 unspecified atom stereocenters. The minimum absolute atomic E-state index is 0.207. The lowest BCUT2D eigenvalue weighted by atomic mass is 9.86. The van der Waals surface area contributed by atoms with E-state index in [1.165, 1.54) is 13.4 Å². The molecule has 0 radical (unpaired) electrons. The quantitative estimate of drug-likeness (QED) is 0.343. The molecular weight excluding hydrogens is 544 g/mol. The Labute approximate surface area is 241 Å². The van der Waals surface area contributed by atoms with Crippen LogP contribution in [0.15, 0.2) is 42.7 Å². The summed E-state index contributed by atoms with van der Waals surface area (Å²) in [5.74, 6) is 0.672. The van der Waals surface area contributed by atoms with Crippen molar-refractivity contribution >= 4 is 27.3 Å². The van der Waals surface area contributed by atoms with Gasteiger partial charge in [0.1, 0.15) is 12.1 Å². The Bertz CT molecular complexity index is 1510. The maximum absolute atomic E-state index is 13.4. The first-order chi connectivity index (χ1) is 19.3. The molecule has 0 spiro atoms. The fraction of sp³-hybridized carbons (Fsp3) is 0.414. The molecule has 0 atom stereocenters. The van der Waals surface area contributed by atoms with Crippen LogP contribution in [0.4, 0.5) is 11.4 Å². The Kier molecular flexibility index (Phi) is 9.15. The number of aryl methyl sites for hydroxylation is 1. The van der Waals surface area contributed by atoms with Crippen molar-refractivity contribution in [3.8, 4) is 17.4 Å². The molecule has 0 saturated carbocycles. The second kappa shape index (κ2) is 12.4. The normalized spacial score (nSPS) is 14.4. The third-order valence-electron chi connectivity index (χ3n) is 6.66. The summed E-state index contributed by atoms with van der Waals surface area (Å²) in [5.41, 5.74) is 3.10. The lowest BCUT2D eigenvalue weighted by Gasteiger charge is -2.26. The maximum atomic E-state index is 13.4. The predicted octanol–water partition coefficient (Wildman–Crippen LogP) is 3.91. The molecule has 1 aliphatic heterocycles. The van der Waals surface area contributed by atoms with E-state index >= 15 is 0 Å². The molecule has 1 aliphatic rings. The van der Waals surface area contributed by atoms with Gasteiger partial charge in [0.25, 0.3) is 5.91 Å². The van der Waals surface area contributed by atoms with Gasteiger partial charge in [-0.25, -0.2) is 18.4 Å². The van der Waals surface area contributed by atoms with Crippen LogP contribution in [0.2, 0.25) is 0 Å². The van der Waals surface area contributed by atoms with E-state index in [1.807, 2.05) is 33.8 Å². The Hall–Kier alpha value is -3.74. The highest BCUT2D eigenvalue weighted by Gasteiger charge is 2.23. The van der Waals surface area contributed by atoms with Crippen LogP contribution in [0.5, 0.6) is 17.4 Å². The largest absolute Gasteiger partial charge is 0.492 e. The zero-order chi connectivity index (χ0) is 29.8. The highest BCUT2D eigenvalue weighted by Crippen LogP contribution is 2.39. The third-order valence-corrected chi connectivity index (χ3v) is 7.25. The predicted molar refractivity (Wildman–Crippen MR) is 160 cm³/mol. The Balaban J connectivity index is 1.58. The number of piperazine rings is 1. The Morgan fingerprint density at radius 3 is 2.44 bits per heavy atom. The number of aromatic nitrogens is 2. The number of ether oxygens (including phenoxy) is 2. The van der Waals surface area contributed by atoms with Crippen LogP contribution in [0, 0.1) is 6.92 Å². The van der Waals surface area contributed by atoms with Gasteiger partial charge in [-0.3, -0.25) is 14.4 Å². The molecule has 1 aromatic heterocycles. The number of nitrogens with one attached hydrogen (secondary N) is 3. The van der Waals surface area contributed by atoms with Crippen LogP contribution in [-0.4, -0.2) is 68.7 Å². The highest BCUT2D eigenvalue weighted by atomic mass is 32.2. The number of carbonyl (C=O) groups is 1. The van der Waals surface area contributed by atoms with Gasteiger partial charge in [-0.2, -0.15) is 0 Å². The summed E-state index contributed by atoms with van der Waals surface area (Å²) in [7, 11) is -2.17. The second-order valence-corrected chi connectivity index (χ2v) is 12.9. The van der Waals surface area contributed by atoms with Crippen LogP contribution in [-0.2, 0) is 22.0 Å².